The van der Waals surface area contributed by atoms with Crippen LogP contribution in [0.25, 0.3) is 0 Å². The Morgan fingerprint density at radius 1 is 1.24 bits per heavy atom. The van der Waals surface area contributed by atoms with Gasteiger partial charge in [0.2, 0.25) is 5.91 Å². The van der Waals surface area contributed by atoms with Gasteiger partial charge < -0.3 is 16.0 Å². The quantitative estimate of drug-likeness (QED) is 0.634. The van der Waals surface area contributed by atoms with Gasteiger partial charge in [-0.25, -0.2) is 14.8 Å². The largest absolute Gasteiger partial charge is 0.408 e. The van der Waals surface area contributed by atoms with E-state index < -0.39 is 30.1 Å². The van der Waals surface area contributed by atoms with Crippen LogP contribution in [-0.2, 0) is 0 Å². The van der Waals surface area contributed by atoms with Gasteiger partial charge in [0.15, 0.2) is 5.82 Å². The van der Waals surface area contributed by atoms with E-state index in [-0.39, 0.29) is 28.9 Å². The fourth-order valence-electron chi connectivity index (χ4n) is 3.77. The lowest BCUT2D eigenvalue weighted by atomic mass is 10.1. The number of nitrogens with two attached hydrogens (primary N) is 1. The van der Waals surface area contributed by atoms with Crippen LogP contribution in [0, 0.1) is 0 Å². The Kier molecular flexibility index (Phi) is 5.56. The molecule has 2 atom stereocenters. The van der Waals surface area contributed by atoms with Crippen LogP contribution >= 0.6 is 0 Å². The number of anilines is 3. The van der Waals surface area contributed by atoms with E-state index in [9.17, 15) is 27.6 Å². The Balaban J connectivity index is 1.62. The molecule has 0 unspecified atom stereocenters. The van der Waals surface area contributed by atoms with Crippen molar-refractivity contribution >= 4 is 35.2 Å². The van der Waals surface area contributed by atoms with Gasteiger partial charge in [0.05, 0.1) is 11.7 Å². The molecule has 0 saturated carbocycles. The average Bonchev–Trinajstić information content (AvgIpc) is 3.17. The third-order valence-electron chi connectivity index (χ3n) is 5.52. The highest BCUT2D eigenvalue weighted by molar-refractivity contribution is 6.05. The van der Waals surface area contributed by atoms with Crippen molar-refractivity contribution in [2.24, 2.45) is 5.73 Å². The van der Waals surface area contributed by atoms with Gasteiger partial charge in [0.1, 0.15) is 17.6 Å². The highest BCUT2D eigenvalue weighted by Gasteiger charge is 2.41. The fourth-order valence-corrected chi connectivity index (χ4v) is 3.77. The highest BCUT2D eigenvalue weighted by atomic mass is 19.4. The number of hydrogen-bond acceptors (Lipinski definition) is 6. The first-order valence-electron chi connectivity index (χ1n) is 10.0. The minimum atomic E-state index is -4.60. The van der Waals surface area contributed by atoms with E-state index in [1.54, 1.807) is 6.07 Å². The van der Waals surface area contributed by atoms with Gasteiger partial charge in [-0.2, -0.15) is 13.2 Å². The van der Waals surface area contributed by atoms with Gasteiger partial charge in [-0.3, -0.25) is 19.8 Å². The molecule has 2 aliphatic heterocycles. The molecule has 10 nitrogen and oxygen atoms in total. The number of nitrogens with zero attached hydrogens (tertiary/aromatic N) is 4. The number of alkyl halides is 3. The number of urea groups is 1. The SMILES string of the molecule is C[C@@H](NC(=O)c1ccc2c(n1)N(C(=O)Nc1cc(C(N)=O)ccn1)[C@H]1CCN2C1)C(F)(F)F. The molecule has 4 N–H and O–H groups in total. The van der Waals surface area contributed by atoms with Gasteiger partial charge >= 0.3 is 12.2 Å². The number of fused-ring (bicyclic) bond motifs is 4. The van der Waals surface area contributed by atoms with Crippen LogP contribution in [-0.4, -0.2) is 59.2 Å². The van der Waals surface area contributed by atoms with Crippen LogP contribution < -0.4 is 26.2 Å². The van der Waals surface area contributed by atoms with Gasteiger partial charge in [0, 0.05) is 24.8 Å². The number of primary amides is 1. The molecular weight excluding hydrogens is 443 g/mol. The van der Waals surface area contributed by atoms with Crippen molar-refractivity contribution in [3.8, 4) is 0 Å². The lowest BCUT2D eigenvalue weighted by Gasteiger charge is -2.35. The average molecular weight is 463 g/mol. The maximum Gasteiger partial charge on any atom is 0.408 e. The molecule has 2 aromatic rings. The van der Waals surface area contributed by atoms with Crippen molar-refractivity contribution in [2.45, 2.75) is 31.6 Å². The predicted molar refractivity (Wildman–Crippen MR) is 112 cm³/mol. The van der Waals surface area contributed by atoms with E-state index in [2.05, 4.69) is 15.3 Å². The Bertz CT molecular complexity index is 1120. The number of carbonyl (C=O) groups excluding carboxylic acids is 3. The van der Waals surface area contributed by atoms with Crippen molar-refractivity contribution in [1.82, 2.24) is 15.3 Å². The van der Waals surface area contributed by atoms with Crippen molar-refractivity contribution in [3.05, 3.63) is 41.7 Å². The summed E-state index contributed by atoms with van der Waals surface area (Å²) in [5.41, 5.74) is 5.75. The first-order valence-corrected chi connectivity index (χ1v) is 10.0. The molecular formula is C20H20F3N7O3. The van der Waals surface area contributed by atoms with Crippen LogP contribution in [0.3, 0.4) is 0 Å². The van der Waals surface area contributed by atoms with E-state index in [4.69, 9.17) is 5.73 Å². The maximum atomic E-state index is 13.1. The highest BCUT2D eigenvalue weighted by Crippen LogP contribution is 2.39. The van der Waals surface area contributed by atoms with Crippen LogP contribution in [0.15, 0.2) is 30.5 Å². The first kappa shape index (κ1) is 22.3. The van der Waals surface area contributed by atoms with Gasteiger partial charge in [-0.15, -0.1) is 0 Å². The van der Waals surface area contributed by atoms with Crippen LogP contribution in [0.1, 0.15) is 34.2 Å². The van der Waals surface area contributed by atoms with Crippen LogP contribution in [0.5, 0.6) is 0 Å². The summed E-state index contributed by atoms with van der Waals surface area (Å²) in [6.45, 7) is 2.01. The summed E-state index contributed by atoms with van der Waals surface area (Å²) in [6, 6.07) is 2.67. The summed E-state index contributed by atoms with van der Waals surface area (Å²) < 4.78 is 38.5. The topological polar surface area (TPSA) is 134 Å². The third-order valence-corrected chi connectivity index (χ3v) is 5.52. The van der Waals surface area contributed by atoms with E-state index in [0.717, 1.165) is 6.92 Å². The van der Waals surface area contributed by atoms with Crippen molar-refractivity contribution < 1.29 is 27.6 Å². The maximum absolute atomic E-state index is 13.1. The molecule has 33 heavy (non-hydrogen) atoms. The number of pyridine rings is 2. The van der Waals surface area contributed by atoms with Crippen molar-refractivity contribution in [3.63, 3.8) is 0 Å². The van der Waals surface area contributed by atoms with E-state index >= 15 is 0 Å². The smallest absolute Gasteiger partial charge is 0.366 e. The molecule has 2 aliphatic rings. The molecule has 4 rings (SSSR count). The normalized spacial score (nSPS) is 17.9. The molecule has 0 aromatic carbocycles. The molecule has 0 aliphatic carbocycles. The first-order chi connectivity index (χ1) is 15.5. The number of rotatable bonds is 4. The number of halogens is 3. The molecule has 4 heterocycles. The molecule has 13 heteroatoms. The Morgan fingerprint density at radius 2 is 2.00 bits per heavy atom. The van der Waals surface area contributed by atoms with Crippen molar-refractivity contribution in [1.29, 1.82) is 0 Å². The van der Waals surface area contributed by atoms with Gasteiger partial charge in [-0.05, 0) is 37.6 Å². The van der Waals surface area contributed by atoms with Crippen molar-refractivity contribution in [2.75, 3.05) is 28.2 Å². The summed E-state index contributed by atoms with van der Waals surface area (Å²) in [5, 5.41) is 4.46. The Hall–Kier alpha value is -3.90. The number of carbonyl (C=O) groups is 3. The summed E-state index contributed by atoms with van der Waals surface area (Å²) in [7, 11) is 0. The summed E-state index contributed by atoms with van der Waals surface area (Å²) in [5.74, 6) is -1.45. The number of aromatic nitrogens is 2. The molecule has 0 spiro atoms. The zero-order chi connectivity index (χ0) is 23.9. The van der Waals surface area contributed by atoms with E-state index in [1.807, 2.05) is 10.2 Å². The van der Waals surface area contributed by atoms with Crippen LogP contribution in [0.4, 0.5) is 35.3 Å². The molecule has 0 radical (unpaired) electrons. The van der Waals surface area contributed by atoms with Crippen LogP contribution in [0.2, 0.25) is 0 Å². The molecule has 2 bridgehead atoms. The lowest BCUT2D eigenvalue weighted by Crippen LogP contribution is -2.49. The van der Waals surface area contributed by atoms with E-state index in [1.165, 1.54) is 29.3 Å². The minimum Gasteiger partial charge on any atom is -0.366 e. The molecule has 2 aromatic heterocycles. The second-order valence-electron chi connectivity index (χ2n) is 7.76. The molecule has 4 amide bonds. The Labute approximate surface area is 186 Å². The summed E-state index contributed by atoms with van der Waals surface area (Å²) >= 11 is 0. The summed E-state index contributed by atoms with van der Waals surface area (Å²) in [6.07, 6.45) is -2.65. The number of amides is 4. The van der Waals surface area contributed by atoms with Gasteiger partial charge in [0.25, 0.3) is 5.91 Å². The van der Waals surface area contributed by atoms with E-state index in [0.29, 0.717) is 25.2 Å². The predicted octanol–water partition coefficient (Wildman–Crippen LogP) is 1.89. The standard InChI is InChI=1S/C20H20F3N7O3/c1-10(20(21,22)23)26-18(32)13-2-3-14-17(27-13)30(12-5-7-29(14)9-12)19(33)28-15-8-11(16(24)31)4-6-25-15/h2-4,6,8,10,12H,5,7,9H2,1H3,(H2,24,31)(H,26,32)(H,25,28,33)/t10-,12+/m1/s1. The zero-order valence-corrected chi connectivity index (χ0v) is 17.4. The fraction of sp³-hybridized carbons (Fsp3) is 0.350. The zero-order valence-electron chi connectivity index (χ0n) is 17.4. The second-order valence-corrected chi connectivity index (χ2v) is 7.76. The lowest BCUT2D eigenvalue weighted by molar-refractivity contribution is -0.149. The third kappa shape index (κ3) is 4.38. The second kappa shape index (κ2) is 8.22. The minimum absolute atomic E-state index is 0.0891. The number of hydrogen-bond donors (Lipinski definition) is 3. The Morgan fingerprint density at radius 3 is 2.70 bits per heavy atom. The molecule has 174 valence electrons. The monoisotopic (exact) mass is 463 g/mol. The summed E-state index contributed by atoms with van der Waals surface area (Å²) in [4.78, 5) is 48.5. The molecule has 1 saturated heterocycles. The van der Waals surface area contributed by atoms with Gasteiger partial charge in [-0.1, -0.05) is 0 Å². The number of nitrogens with one attached hydrogen (secondary N) is 2. The molecule has 1 fully saturated rings.